The van der Waals surface area contributed by atoms with Gasteiger partial charge in [-0.15, -0.1) is 6.58 Å². The Bertz CT molecular complexity index is 304. The Morgan fingerprint density at radius 3 is 3.00 bits per heavy atom. The van der Waals surface area contributed by atoms with E-state index in [9.17, 15) is 9.59 Å². The molecular weight excluding hydrogens is 220 g/mol. The summed E-state index contributed by atoms with van der Waals surface area (Å²) in [6.45, 7) is 7.66. The highest BCUT2D eigenvalue weighted by Crippen LogP contribution is 2.11. The maximum Gasteiger partial charge on any atom is 0.303 e. The molecule has 1 saturated heterocycles. The number of nitrogens with zero attached hydrogens (tertiary/aromatic N) is 1. The molecule has 2 N–H and O–H groups in total. The van der Waals surface area contributed by atoms with Gasteiger partial charge >= 0.3 is 5.97 Å². The first kappa shape index (κ1) is 13.7. The van der Waals surface area contributed by atoms with Gasteiger partial charge in [-0.25, -0.2) is 0 Å². The molecular formula is C12H20N2O3. The number of hydrogen-bond acceptors (Lipinski definition) is 3. The SMILES string of the molecule is C=CCN1CC(C)CNC(CCC(=O)O)C1=O. The molecule has 1 amide bonds. The van der Waals surface area contributed by atoms with E-state index in [1.54, 1.807) is 11.0 Å². The largest absolute Gasteiger partial charge is 0.481 e. The molecule has 0 aliphatic carbocycles. The minimum Gasteiger partial charge on any atom is -0.481 e. The van der Waals surface area contributed by atoms with Crippen molar-refractivity contribution in [2.45, 2.75) is 25.8 Å². The van der Waals surface area contributed by atoms with Crippen LogP contribution in [0.2, 0.25) is 0 Å². The van der Waals surface area contributed by atoms with Gasteiger partial charge in [-0.3, -0.25) is 9.59 Å². The number of hydrogen-bond donors (Lipinski definition) is 2. The van der Waals surface area contributed by atoms with Crippen LogP contribution in [0.3, 0.4) is 0 Å². The van der Waals surface area contributed by atoms with Gasteiger partial charge in [0.15, 0.2) is 0 Å². The van der Waals surface area contributed by atoms with Crippen LogP contribution in [0.15, 0.2) is 12.7 Å². The number of carbonyl (C=O) groups excluding carboxylic acids is 1. The number of nitrogens with one attached hydrogen (secondary N) is 1. The van der Waals surface area contributed by atoms with Gasteiger partial charge < -0.3 is 15.3 Å². The summed E-state index contributed by atoms with van der Waals surface area (Å²) in [6.07, 6.45) is 2.05. The summed E-state index contributed by atoms with van der Waals surface area (Å²) in [5.41, 5.74) is 0. The van der Waals surface area contributed by atoms with Gasteiger partial charge in [0.2, 0.25) is 5.91 Å². The molecule has 96 valence electrons. The molecule has 5 heteroatoms. The maximum absolute atomic E-state index is 12.1. The Kier molecular flexibility index (Phi) is 5.15. The van der Waals surface area contributed by atoms with Gasteiger partial charge in [-0.05, 0) is 12.3 Å². The second-order valence-electron chi connectivity index (χ2n) is 4.53. The summed E-state index contributed by atoms with van der Waals surface area (Å²) in [4.78, 5) is 24.4. The molecule has 1 fully saturated rings. The summed E-state index contributed by atoms with van der Waals surface area (Å²) in [6, 6.07) is -0.379. The van der Waals surface area contributed by atoms with Crippen LogP contribution < -0.4 is 5.32 Å². The minimum atomic E-state index is -0.868. The van der Waals surface area contributed by atoms with E-state index < -0.39 is 5.97 Å². The zero-order valence-corrected chi connectivity index (χ0v) is 10.2. The molecule has 1 heterocycles. The molecule has 0 radical (unpaired) electrons. The monoisotopic (exact) mass is 240 g/mol. The number of rotatable bonds is 5. The highest BCUT2D eigenvalue weighted by molar-refractivity contribution is 5.83. The minimum absolute atomic E-state index is 0.0136. The Balaban J connectivity index is 2.65. The molecule has 0 bridgehead atoms. The first-order valence-electron chi connectivity index (χ1n) is 5.89. The molecule has 0 aromatic heterocycles. The van der Waals surface area contributed by atoms with Crippen LogP contribution in [0.4, 0.5) is 0 Å². The molecule has 1 aliphatic rings. The van der Waals surface area contributed by atoms with E-state index >= 15 is 0 Å². The third kappa shape index (κ3) is 4.19. The van der Waals surface area contributed by atoms with Gasteiger partial charge in [0.05, 0.1) is 6.04 Å². The van der Waals surface area contributed by atoms with Crippen molar-refractivity contribution >= 4 is 11.9 Å². The van der Waals surface area contributed by atoms with Crippen molar-refractivity contribution in [2.75, 3.05) is 19.6 Å². The molecule has 1 rings (SSSR count). The van der Waals surface area contributed by atoms with Crippen molar-refractivity contribution in [1.82, 2.24) is 10.2 Å². The lowest BCUT2D eigenvalue weighted by atomic mass is 10.1. The number of aliphatic carboxylic acids is 1. The van der Waals surface area contributed by atoms with Gasteiger partial charge in [0.1, 0.15) is 0 Å². The average molecular weight is 240 g/mol. The Morgan fingerprint density at radius 2 is 2.41 bits per heavy atom. The Labute approximate surface area is 101 Å². The molecule has 2 unspecified atom stereocenters. The van der Waals surface area contributed by atoms with Crippen LogP contribution in [0.1, 0.15) is 19.8 Å². The fourth-order valence-electron chi connectivity index (χ4n) is 2.00. The summed E-state index contributed by atoms with van der Waals surface area (Å²) in [5, 5.41) is 11.8. The lowest BCUT2D eigenvalue weighted by Gasteiger charge is -2.23. The topological polar surface area (TPSA) is 69.6 Å². The highest BCUT2D eigenvalue weighted by atomic mass is 16.4. The van der Waals surface area contributed by atoms with Crippen molar-refractivity contribution in [3.8, 4) is 0 Å². The zero-order chi connectivity index (χ0) is 12.8. The van der Waals surface area contributed by atoms with E-state index in [0.29, 0.717) is 25.4 Å². The molecule has 0 saturated carbocycles. The Hall–Kier alpha value is -1.36. The molecule has 5 nitrogen and oxygen atoms in total. The van der Waals surface area contributed by atoms with Gasteiger partial charge in [0, 0.05) is 26.1 Å². The van der Waals surface area contributed by atoms with Gasteiger partial charge in [0.25, 0.3) is 0 Å². The van der Waals surface area contributed by atoms with Crippen LogP contribution in [0, 0.1) is 5.92 Å². The van der Waals surface area contributed by atoms with Crippen molar-refractivity contribution < 1.29 is 14.7 Å². The van der Waals surface area contributed by atoms with E-state index in [2.05, 4.69) is 18.8 Å². The van der Waals surface area contributed by atoms with Gasteiger partial charge in [-0.2, -0.15) is 0 Å². The normalized spacial score (nSPS) is 25.5. The quantitative estimate of drug-likeness (QED) is 0.686. The van der Waals surface area contributed by atoms with E-state index in [1.807, 2.05) is 0 Å². The second kappa shape index (κ2) is 6.39. The van der Waals surface area contributed by atoms with Crippen LogP contribution in [-0.2, 0) is 9.59 Å². The van der Waals surface area contributed by atoms with Crippen LogP contribution in [0.5, 0.6) is 0 Å². The third-order valence-corrected chi connectivity index (χ3v) is 2.85. The molecule has 0 spiro atoms. The fourth-order valence-corrected chi connectivity index (χ4v) is 2.00. The third-order valence-electron chi connectivity index (χ3n) is 2.85. The van der Waals surface area contributed by atoms with Gasteiger partial charge in [-0.1, -0.05) is 13.0 Å². The molecule has 0 aromatic rings. The standard InChI is InChI=1S/C12H20N2O3/c1-3-6-14-8-9(2)7-13-10(12(14)17)4-5-11(15)16/h3,9-10,13H,1,4-8H2,2H3,(H,15,16). The summed E-state index contributed by atoms with van der Waals surface area (Å²) in [5.74, 6) is -0.517. The maximum atomic E-state index is 12.1. The molecule has 2 atom stereocenters. The number of carbonyl (C=O) groups is 2. The number of amides is 1. The van der Waals surface area contributed by atoms with Crippen molar-refractivity contribution in [3.05, 3.63) is 12.7 Å². The van der Waals surface area contributed by atoms with E-state index in [1.165, 1.54) is 0 Å². The van der Waals surface area contributed by atoms with Crippen LogP contribution >= 0.6 is 0 Å². The number of carboxylic acid groups (broad SMARTS) is 1. The summed E-state index contributed by atoms with van der Waals surface area (Å²) >= 11 is 0. The zero-order valence-electron chi connectivity index (χ0n) is 10.2. The fraction of sp³-hybridized carbons (Fsp3) is 0.667. The van der Waals surface area contributed by atoms with Crippen molar-refractivity contribution in [1.29, 1.82) is 0 Å². The van der Waals surface area contributed by atoms with E-state index in [0.717, 1.165) is 6.54 Å². The first-order chi connectivity index (χ1) is 8.04. The van der Waals surface area contributed by atoms with Crippen molar-refractivity contribution in [2.24, 2.45) is 5.92 Å². The van der Waals surface area contributed by atoms with Crippen LogP contribution in [-0.4, -0.2) is 47.6 Å². The number of carboxylic acids is 1. The van der Waals surface area contributed by atoms with Crippen molar-refractivity contribution in [3.63, 3.8) is 0 Å². The smallest absolute Gasteiger partial charge is 0.303 e. The molecule has 17 heavy (non-hydrogen) atoms. The van der Waals surface area contributed by atoms with E-state index in [4.69, 9.17) is 5.11 Å². The van der Waals surface area contributed by atoms with Crippen LogP contribution in [0.25, 0.3) is 0 Å². The van der Waals surface area contributed by atoms with E-state index in [-0.39, 0.29) is 18.4 Å². The Morgan fingerprint density at radius 1 is 1.71 bits per heavy atom. The molecule has 1 aliphatic heterocycles. The summed E-state index contributed by atoms with van der Waals surface area (Å²) in [7, 11) is 0. The summed E-state index contributed by atoms with van der Waals surface area (Å²) < 4.78 is 0. The highest BCUT2D eigenvalue weighted by Gasteiger charge is 2.28. The predicted molar refractivity (Wildman–Crippen MR) is 64.6 cm³/mol. The lowest BCUT2D eigenvalue weighted by Crippen LogP contribution is -2.43. The first-order valence-corrected chi connectivity index (χ1v) is 5.89. The second-order valence-corrected chi connectivity index (χ2v) is 4.53. The molecule has 0 aromatic carbocycles. The average Bonchev–Trinajstić information content (AvgIpc) is 2.39. The lowest BCUT2D eigenvalue weighted by molar-refractivity contribution is -0.137. The predicted octanol–water partition coefficient (Wildman–Crippen LogP) is 0.474.